The van der Waals surface area contributed by atoms with Crippen LogP contribution in [-0.4, -0.2) is 14.9 Å². The first-order valence-electron chi connectivity index (χ1n) is 8.36. The summed E-state index contributed by atoms with van der Waals surface area (Å²) in [6, 6.07) is 11.8. The molecule has 0 radical (unpaired) electrons. The van der Waals surface area contributed by atoms with E-state index in [1.807, 2.05) is 18.2 Å². The lowest BCUT2D eigenvalue weighted by molar-refractivity contribution is 0.447. The van der Waals surface area contributed by atoms with E-state index in [1.165, 1.54) is 10.7 Å². The molecule has 1 aromatic heterocycles. The van der Waals surface area contributed by atoms with Gasteiger partial charge in [0.05, 0.1) is 12.2 Å². The molecule has 3 rings (SSSR count). The zero-order chi connectivity index (χ0) is 19.6. The second-order valence-corrected chi connectivity index (χ2v) is 6.66. The number of hydrogen-bond donors (Lipinski definition) is 1. The van der Waals surface area contributed by atoms with Crippen molar-refractivity contribution < 1.29 is 9.50 Å². The van der Waals surface area contributed by atoms with Gasteiger partial charge in [-0.05, 0) is 55.3 Å². The highest BCUT2D eigenvalue weighted by molar-refractivity contribution is 6.30. The molecule has 0 bridgehead atoms. The Balaban J connectivity index is 1.96. The summed E-state index contributed by atoms with van der Waals surface area (Å²) in [5, 5.41) is 15.2. The first-order valence-corrected chi connectivity index (χ1v) is 8.74. The van der Waals surface area contributed by atoms with Gasteiger partial charge in [-0.25, -0.2) is 9.07 Å². The molecule has 0 aliphatic rings. The number of rotatable bonds is 4. The standard InChI is InChI=1S/C21H18ClFN2O2/c1-13-12-16(7-10-18(13)23)19-14(2)20(26)21(27)25(24-19)11-3-4-15-5-8-17(22)9-6-15/h3-10,12,26H,11H2,1-2H3. The van der Waals surface area contributed by atoms with Crippen molar-refractivity contribution in [1.29, 1.82) is 0 Å². The van der Waals surface area contributed by atoms with Crippen LogP contribution in [0.15, 0.2) is 53.3 Å². The lowest BCUT2D eigenvalue weighted by Gasteiger charge is -2.11. The third kappa shape index (κ3) is 4.09. The van der Waals surface area contributed by atoms with Crippen LogP contribution in [0.3, 0.4) is 0 Å². The summed E-state index contributed by atoms with van der Waals surface area (Å²) in [6.45, 7) is 3.45. The minimum atomic E-state index is -0.573. The van der Waals surface area contributed by atoms with Gasteiger partial charge < -0.3 is 5.11 Å². The van der Waals surface area contributed by atoms with Crippen LogP contribution in [0.2, 0.25) is 5.02 Å². The van der Waals surface area contributed by atoms with Crippen LogP contribution in [0.4, 0.5) is 4.39 Å². The Morgan fingerprint density at radius 2 is 1.89 bits per heavy atom. The molecule has 0 aliphatic heterocycles. The van der Waals surface area contributed by atoms with Crippen molar-refractivity contribution >= 4 is 17.7 Å². The average molecular weight is 385 g/mol. The summed E-state index contributed by atoms with van der Waals surface area (Å²) in [6.07, 6.45) is 3.61. The van der Waals surface area contributed by atoms with E-state index in [0.717, 1.165) is 5.56 Å². The molecule has 0 aliphatic carbocycles. The highest BCUT2D eigenvalue weighted by Crippen LogP contribution is 2.26. The first-order chi connectivity index (χ1) is 12.9. The van der Waals surface area contributed by atoms with Crippen molar-refractivity contribution in [2.45, 2.75) is 20.4 Å². The topological polar surface area (TPSA) is 55.1 Å². The minimum Gasteiger partial charge on any atom is -0.503 e. The van der Waals surface area contributed by atoms with Crippen LogP contribution in [0.1, 0.15) is 16.7 Å². The number of nitrogens with zero attached hydrogens (tertiary/aromatic N) is 2. The third-order valence-electron chi connectivity index (χ3n) is 4.26. The van der Waals surface area contributed by atoms with Crippen LogP contribution >= 0.6 is 11.6 Å². The summed E-state index contributed by atoms with van der Waals surface area (Å²) in [5.41, 5.74) is 2.26. The zero-order valence-corrected chi connectivity index (χ0v) is 15.7. The van der Waals surface area contributed by atoms with Crippen molar-refractivity contribution in [2.75, 3.05) is 0 Å². The van der Waals surface area contributed by atoms with Gasteiger partial charge in [0.2, 0.25) is 0 Å². The van der Waals surface area contributed by atoms with Crippen LogP contribution in [-0.2, 0) is 6.54 Å². The first kappa shape index (κ1) is 18.9. The summed E-state index contributed by atoms with van der Waals surface area (Å²) in [4.78, 5) is 12.3. The normalized spacial score (nSPS) is 11.3. The molecule has 1 heterocycles. The number of aryl methyl sites for hydroxylation is 1. The average Bonchev–Trinajstić information content (AvgIpc) is 2.65. The Labute approximate surface area is 161 Å². The molecule has 4 nitrogen and oxygen atoms in total. The number of halogens is 2. The van der Waals surface area contributed by atoms with E-state index in [9.17, 15) is 14.3 Å². The predicted molar refractivity (Wildman–Crippen MR) is 106 cm³/mol. The molecule has 3 aromatic rings. The molecule has 2 aromatic carbocycles. The fourth-order valence-corrected chi connectivity index (χ4v) is 2.81. The van der Waals surface area contributed by atoms with Gasteiger partial charge in [0.15, 0.2) is 5.75 Å². The highest BCUT2D eigenvalue weighted by atomic mass is 35.5. The fraction of sp³-hybridized carbons (Fsp3) is 0.143. The Morgan fingerprint density at radius 3 is 2.56 bits per heavy atom. The molecule has 6 heteroatoms. The number of aromatic hydroxyl groups is 1. The molecule has 27 heavy (non-hydrogen) atoms. The van der Waals surface area contributed by atoms with E-state index in [-0.39, 0.29) is 18.1 Å². The highest BCUT2D eigenvalue weighted by Gasteiger charge is 2.15. The van der Waals surface area contributed by atoms with Gasteiger partial charge in [-0.1, -0.05) is 35.9 Å². The maximum Gasteiger partial charge on any atom is 0.309 e. The molecular formula is C21H18ClFN2O2. The van der Waals surface area contributed by atoms with Crippen molar-refractivity contribution in [3.63, 3.8) is 0 Å². The van der Waals surface area contributed by atoms with Crippen molar-refractivity contribution in [3.05, 3.63) is 86.4 Å². The molecule has 0 atom stereocenters. The van der Waals surface area contributed by atoms with E-state index in [2.05, 4.69) is 5.10 Å². The Morgan fingerprint density at radius 1 is 1.19 bits per heavy atom. The minimum absolute atomic E-state index is 0.183. The largest absolute Gasteiger partial charge is 0.503 e. The lowest BCUT2D eigenvalue weighted by atomic mass is 10.0. The molecule has 0 fully saturated rings. The van der Waals surface area contributed by atoms with E-state index in [4.69, 9.17) is 11.6 Å². The smallest absolute Gasteiger partial charge is 0.309 e. The van der Waals surface area contributed by atoms with E-state index >= 15 is 0 Å². The van der Waals surface area contributed by atoms with Gasteiger partial charge in [0, 0.05) is 16.1 Å². The number of aromatic nitrogens is 2. The van der Waals surface area contributed by atoms with Gasteiger partial charge in [-0.2, -0.15) is 5.10 Å². The second-order valence-electron chi connectivity index (χ2n) is 6.23. The maximum atomic E-state index is 13.5. The number of allylic oxidation sites excluding steroid dienone is 1. The second kappa shape index (κ2) is 7.76. The Bertz CT molecular complexity index is 1070. The van der Waals surface area contributed by atoms with Gasteiger partial charge in [-0.15, -0.1) is 0 Å². The third-order valence-corrected chi connectivity index (χ3v) is 4.51. The summed E-state index contributed by atoms with van der Waals surface area (Å²) >= 11 is 5.86. The summed E-state index contributed by atoms with van der Waals surface area (Å²) < 4.78 is 14.7. The molecule has 0 saturated heterocycles. The Kier molecular flexibility index (Phi) is 5.42. The van der Waals surface area contributed by atoms with Gasteiger partial charge in [-0.3, -0.25) is 4.79 Å². The van der Waals surface area contributed by atoms with Gasteiger partial charge >= 0.3 is 5.56 Å². The van der Waals surface area contributed by atoms with Crippen LogP contribution in [0, 0.1) is 19.7 Å². The van der Waals surface area contributed by atoms with Gasteiger partial charge in [0.25, 0.3) is 0 Å². The SMILES string of the molecule is Cc1cc(-c2nn(CC=Cc3ccc(Cl)cc3)c(=O)c(O)c2C)ccc1F. The van der Waals surface area contributed by atoms with E-state index < -0.39 is 5.56 Å². The monoisotopic (exact) mass is 384 g/mol. The summed E-state index contributed by atoms with van der Waals surface area (Å²) in [5.74, 6) is -0.679. The number of hydrogen-bond acceptors (Lipinski definition) is 3. The van der Waals surface area contributed by atoms with Crippen LogP contribution in [0.5, 0.6) is 5.75 Å². The molecule has 0 unspecified atom stereocenters. The van der Waals surface area contributed by atoms with E-state index in [1.54, 1.807) is 44.2 Å². The molecule has 138 valence electrons. The zero-order valence-electron chi connectivity index (χ0n) is 14.9. The number of benzene rings is 2. The predicted octanol–water partition coefficient (Wildman–Crippen LogP) is 4.74. The van der Waals surface area contributed by atoms with Crippen molar-refractivity contribution in [2.24, 2.45) is 0 Å². The molecule has 0 saturated carbocycles. The Hall–Kier alpha value is -2.92. The van der Waals surface area contributed by atoms with Gasteiger partial charge in [0.1, 0.15) is 5.82 Å². The molecule has 0 spiro atoms. The van der Waals surface area contributed by atoms with Crippen molar-refractivity contribution in [1.82, 2.24) is 9.78 Å². The van der Waals surface area contributed by atoms with Crippen LogP contribution in [0.25, 0.3) is 17.3 Å². The van der Waals surface area contributed by atoms with Crippen molar-refractivity contribution in [3.8, 4) is 17.0 Å². The quantitative estimate of drug-likeness (QED) is 0.707. The van der Waals surface area contributed by atoms with Crippen LogP contribution < -0.4 is 5.56 Å². The fourth-order valence-electron chi connectivity index (χ4n) is 2.69. The molecule has 0 amide bonds. The molecule has 1 N–H and O–H groups in total. The summed E-state index contributed by atoms with van der Waals surface area (Å²) in [7, 11) is 0. The maximum absolute atomic E-state index is 13.5. The molecular weight excluding hydrogens is 367 g/mol. The van der Waals surface area contributed by atoms with E-state index in [0.29, 0.717) is 27.4 Å². The lowest BCUT2D eigenvalue weighted by Crippen LogP contribution is -2.23.